The van der Waals surface area contributed by atoms with Crippen molar-refractivity contribution >= 4 is 33.4 Å². The lowest BCUT2D eigenvalue weighted by atomic mass is 10.1. The maximum absolute atomic E-state index is 13.4. The molecule has 0 aliphatic heterocycles. The minimum atomic E-state index is -4.69. The summed E-state index contributed by atoms with van der Waals surface area (Å²) in [4.78, 5) is 23.8. The molecule has 0 amide bonds. The number of nitro benzene ring substituents is 1. The molecule has 16 heteroatoms. The highest BCUT2D eigenvalue weighted by Crippen LogP contribution is 2.34. The second-order valence-electron chi connectivity index (χ2n) is 9.36. The predicted molar refractivity (Wildman–Crippen MR) is 151 cm³/mol. The summed E-state index contributed by atoms with van der Waals surface area (Å²) in [6.45, 7) is 0. The van der Waals surface area contributed by atoms with Gasteiger partial charge < -0.3 is 15.7 Å². The average molecular weight is 637 g/mol. The number of nitrogens with zero attached hydrogens (tertiary/aromatic N) is 3. The number of nitrogens with one attached hydrogen (secondary N) is 2. The van der Waals surface area contributed by atoms with E-state index in [2.05, 4.69) is 19.9 Å². The van der Waals surface area contributed by atoms with E-state index in [0.29, 0.717) is 34.4 Å². The number of nitro groups is 1. The number of nitrogens with two attached hydrogens (primary N) is 1. The Morgan fingerprint density at radius 1 is 0.667 bits per heavy atom. The number of H-pyrrole nitrogens is 2. The summed E-state index contributed by atoms with van der Waals surface area (Å²) in [5.41, 5.74) is 5.35. The van der Waals surface area contributed by atoms with Crippen LogP contribution in [0.3, 0.4) is 0 Å². The lowest BCUT2D eigenvalue weighted by Gasteiger charge is -2.08. The van der Waals surface area contributed by atoms with Crippen LogP contribution in [0.25, 0.3) is 44.8 Å². The van der Waals surface area contributed by atoms with Crippen LogP contribution in [0.1, 0.15) is 18.6 Å². The number of hydrogen-bond donors (Lipinski definition) is 3. The summed E-state index contributed by atoms with van der Waals surface area (Å²) in [6, 6.07) is 13.0. The summed E-state index contributed by atoms with van der Waals surface area (Å²) in [7, 11) is 0. The van der Waals surface area contributed by atoms with E-state index in [9.17, 15) is 45.2 Å². The third kappa shape index (κ3) is 7.17. The van der Waals surface area contributed by atoms with Crippen LogP contribution in [0.2, 0.25) is 0 Å². The largest absolute Gasteiger partial charge is 0.416 e. The standard InChI is InChI=1S/C14H7F4N3O2.C14H9F4N3.CH4/c15-9-4-7(3-8(5-9)14(16,17)18)13-19-11-2-1-10(21(22)23)6-12(11)20-13;15-9-4-7(3-8(5-9)14(16,17)18)13-20-11-2-1-10(19)6-12(11)21-13;/h1-6H,(H,19,20);1-6H,19H2,(H,20,21);1H4. The Bertz CT molecular complexity index is 2030. The van der Waals surface area contributed by atoms with E-state index in [0.717, 1.165) is 24.3 Å². The van der Waals surface area contributed by atoms with Crippen molar-refractivity contribution in [3.63, 3.8) is 0 Å². The monoisotopic (exact) mass is 636 g/mol. The zero-order chi connectivity index (χ0) is 32.0. The van der Waals surface area contributed by atoms with Crippen molar-refractivity contribution < 1.29 is 40.0 Å². The second-order valence-corrected chi connectivity index (χ2v) is 9.36. The Balaban J connectivity index is 0.000000201. The fourth-order valence-electron chi connectivity index (χ4n) is 4.19. The first-order chi connectivity index (χ1) is 20.6. The van der Waals surface area contributed by atoms with Crippen LogP contribution < -0.4 is 5.73 Å². The lowest BCUT2D eigenvalue weighted by molar-refractivity contribution is -0.384. The highest BCUT2D eigenvalue weighted by molar-refractivity contribution is 5.83. The molecule has 0 bridgehead atoms. The molecule has 2 aromatic heterocycles. The van der Waals surface area contributed by atoms with Crippen LogP contribution in [0.4, 0.5) is 46.5 Å². The van der Waals surface area contributed by atoms with E-state index < -0.39 is 40.0 Å². The number of imidazole rings is 2. The van der Waals surface area contributed by atoms with Crippen molar-refractivity contribution in [2.24, 2.45) is 0 Å². The molecule has 0 fully saturated rings. The van der Waals surface area contributed by atoms with Gasteiger partial charge in [-0.25, -0.2) is 18.7 Å². The van der Waals surface area contributed by atoms with Gasteiger partial charge in [0.15, 0.2) is 0 Å². The Kier molecular flexibility index (Phi) is 8.53. The molecule has 0 saturated heterocycles. The number of anilines is 1. The smallest absolute Gasteiger partial charge is 0.399 e. The molecular formula is C29H20F8N6O2. The molecule has 0 aliphatic rings. The number of halogens is 8. The summed E-state index contributed by atoms with van der Waals surface area (Å²) >= 11 is 0. The molecule has 4 aromatic carbocycles. The molecule has 45 heavy (non-hydrogen) atoms. The van der Waals surface area contributed by atoms with Gasteiger partial charge in [-0.05, 0) is 60.7 Å². The van der Waals surface area contributed by atoms with Crippen molar-refractivity contribution in [2.75, 3.05) is 5.73 Å². The van der Waals surface area contributed by atoms with Crippen molar-refractivity contribution in [3.8, 4) is 22.8 Å². The van der Waals surface area contributed by atoms with Crippen LogP contribution in [0.15, 0.2) is 72.8 Å². The summed E-state index contributed by atoms with van der Waals surface area (Å²) in [5, 5.41) is 10.7. The highest BCUT2D eigenvalue weighted by Gasteiger charge is 2.32. The van der Waals surface area contributed by atoms with E-state index in [1.165, 1.54) is 18.2 Å². The number of hydrogen-bond acceptors (Lipinski definition) is 5. The molecule has 2 heterocycles. The molecule has 0 saturated carbocycles. The van der Waals surface area contributed by atoms with E-state index in [1.807, 2.05) is 0 Å². The van der Waals surface area contributed by atoms with Crippen LogP contribution in [-0.2, 0) is 12.4 Å². The number of alkyl halides is 6. The quantitative estimate of drug-likeness (QED) is 0.0774. The average Bonchev–Trinajstić information content (AvgIpc) is 3.55. The second kappa shape index (κ2) is 11.9. The Morgan fingerprint density at radius 3 is 1.56 bits per heavy atom. The molecular weight excluding hydrogens is 616 g/mol. The van der Waals surface area contributed by atoms with Gasteiger partial charge in [-0.1, -0.05) is 7.43 Å². The first-order valence-corrected chi connectivity index (χ1v) is 12.2. The normalized spacial score (nSPS) is 11.6. The zero-order valence-corrected chi connectivity index (χ0v) is 21.7. The van der Waals surface area contributed by atoms with Crippen LogP contribution in [0, 0.1) is 21.7 Å². The van der Waals surface area contributed by atoms with E-state index in [-0.39, 0.29) is 41.4 Å². The zero-order valence-electron chi connectivity index (χ0n) is 21.7. The molecule has 0 spiro atoms. The third-order valence-corrected chi connectivity index (χ3v) is 6.18. The number of aromatic nitrogens is 4. The molecule has 0 radical (unpaired) electrons. The molecule has 8 nitrogen and oxygen atoms in total. The van der Waals surface area contributed by atoms with Gasteiger partial charge in [-0.2, -0.15) is 26.3 Å². The fourth-order valence-corrected chi connectivity index (χ4v) is 4.19. The number of non-ortho nitro benzene ring substituents is 1. The number of fused-ring (bicyclic) bond motifs is 2. The SMILES string of the molecule is C.Nc1ccc2nc(-c3cc(F)cc(C(F)(F)F)c3)[nH]c2c1.O=[N+]([O-])c1ccc2nc(-c3cc(F)cc(C(F)(F)F)c3)[nH]c2c1. The first kappa shape index (κ1) is 32.4. The van der Waals surface area contributed by atoms with Crippen molar-refractivity contribution in [3.05, 3.63) is 106 Å². The van der Waals surface area contributed by atoms with E-state index >= 15 is 0 Å². The molecule has 6 rings (SSSR count). The number of rotatable bonds is 3. The van der Waals surface area contributed by atoms with Crippen LogP contribution in [0.5, 0.6) is 0 Å². The molecule has 0 aliphatic carbocycles. The molecule has 0 unspecified atom stereocenters. The predicted octanol–water partition coefficient (Wildman–Crippen LogP) is 8.90. The third-order valence-electron chi connectivity index (χ3n) is 6.18. The molecule has 234 valence electrons. The number of aromatic amines is 2. The van der Waals surface area contributed by atoms with Crippen LogP contribution >= 0.6 is 0 Å². The minimum absolute atomic E-state index is 0. The van der Waals surface area contributed by atoms with E-state index in [4.69, 9.17) is 5.73 Å². The van der Waals surface area contributed by atoms with Gasteiger partial charge in [0.1, 0.15) is 23.3 Å². The molecule has 4 N–H and O–H groups in total. The Morgan fingerprint density at radius 2 is 1.11 bits per heavy atom. The molecule has 0 atom stereocenters. The van der Waals surface area contributed by atoms with Crippen molar-refractivity contribution in [2.45, 2.75) is 19.8 Å². The summed E-state index contributed by atoms with van der Waals surface area (Å²) in [6.07, 6.45) is -9.31. The van der Waals surface area contributed by atoms with Gasteiger partial charge in [0.25, 0.3) is 5.69 Å². The van der Waals surface area contributed by atoms with Gasteiger partial charge in [0.05, 0.1) is 38.1 Å². The summed E-state index contributed by atoms with van der Waals surface area (Å²) in [5.74, 6) is -1.88. The van der Waals surface area contributed by atoms with Gasteiger partial charge in [0.2, 0.25) is 0 Å². The van der Waals surface area contributed by atoms with Gasteiger partial charge in [-0.3, -0.25) is 10.1 Å². The first-order valence-electron chi connectivity index (χ1n) is 12.2. The Labute approximate surface area is 247 Å². The minimum Gasteiger partial charge on any atom is -0.399 e. The lowest BCUT2D eigenvalue weighted by Crippen LogP contribution is -2.05. The number of nitrogen functional groups attached to an aromatic ring is 1. The van der Waals surface area contributed by atoms with Gasteiger partial charge in [-0.15, -0.1) is 0 Å². The van der Waals surface area contributed by atoms with Crippen molar-refractivity contribution in [1.29, 1.82) is 0 Å². The maximum atomic E-state index is 13.4. The maximum Gasteiger partial charge on any atom is 0.416 e. The van der Waals surface area contributed by atoms with E-state index in [1.54, 1.807) is 18.2 Å². The van der Waals surface area contributed by atoms with Crippen molar-refractivity contribution in [1.82, 2.24) is 19.9 Å². The fraction of sp³-hybridized carbons (Fsp3) is 0.103. The van der Waals surface area contributed by atoms with Gasteiger partial charge >= 0.3 is 12.4 Å². The highest BCUT2D eigenvalue weighted by atomic mass is 19.4. The van der Waals surface area contributed by atoms with Gasteiger partial charge in [0, 0.05) is 28.9 Å². The summed E-state index contributed by atoms with van der Waals surface area (Å²) < 4.78 is 103. The topological polar surface area (TPSA) is 127 Å². The Hall–Kier alpha value is -5.54. The number of benzene rings is 4. The van der Waals surface area contributed by atoms with Crippen LogP contribution in [-0.4, -0.2) is 24.9 Å². The molecule has 6 aromatic rings.